The van der Waals surface area contributed by atoms with E-state index in [0.717, 1.165) is 18.5 Å². The Kier molecular flexibility index (Phi) is 5.37. The largest absolute Gasteiger partial charge is 0.387 e. The lowest BCUT2D eigenvalue weighted by Crippen LogP contribution is -2.32. The lowest BCUT2D eigenvalue weighted by Gasteiger charge is -2.20. The lowest BCUT2D eigenvalue weighted by atomic mass is 10.0. The Hall–Kier alpha value is -0.860. The molecule has 0 aromatic heterocycles. The van der Waals surface area contributed by atoms with Crippen molar-refractivity contribution in [3.63, 3.8) is 0 Å². The van der Waals surface area contributed by atoms with Crippen LogP contribution in [0.15, 0.2) is 30.3 Å². The first-order valence-corrected chi connectivity index (χ1v) is 5.72. The van der Waals surface area contributed by atoms with E-state index in [9.17, 15) is 5.11 Å². The number of nitrogens with one attached hydrogen (secondary N) is 1. The minimum absolute atomic E-state index is 0.110. The summed E-state index contributed by atoms with van der Waals surface area (Å²) >= 11 is 0. The van der Waals surface area contributed by atoms with Crippen molar-refractivity contribution >= 4 is 0 Å². The fraction of sp³-hybridized carbons (Fsp3) is 0.538. The Balaban J connectivity index is 2.42. The number of hydrogen-bond acceptors (Lipinski definition) is 2. The SMILES string of the molecule is CCCCN[C@@H](C)[C@H](O)c1ccccc1. The fourth-order valence-electron chi connectivity index (χ4n) is 1.56. The van der Waals surface area contributed by atoms with Crippen molar-refractivity contribution in [1.82, 2.24) is 5.32 Å². The van der Waals surface area contributed by atoms with Gasteiger partial charge in [-0.15, -0.1) is 0 Å². The molecule has 0 heterocycles. The molecule has 1 rings (SSSR count). The van der Waals surface area contributed by atoms with Crippen LogP contribution in [-0.4, -0.2) is 17.7 Å². The molecule has 1 aromatic rings. The van der Waals surface area contributed by atoms with Gasteiger partial charge in [0.2, 0.25) is 0 Å². The molecular formula is C13H21NO. The maximum atomic E-state index is 10.0. The van der Waals surface area contributed by atoms with Gasteiger partial charge in [-0.25, -0.2) is 0 Å². The van der Waals surface area contributed by atoms with Gasteiger partial charge < -0.3 is 10.4 Å². The molecular weight excluding hydrogens is 186 g/mol. The number of benzene rings is 1. The zero-order chi connectivity index (χ0) is 11.1. The van der Waals surface area contributed by atoms with Gasteiger partial charge >= 0.3 is 0 Å². The van der Waals surface area contributed by atoms with Crippen molar-refractivity contribution in [2.24, 2.45) is 0 Å². The van der Waals surface area contributed by atoms with Gasteiger partial charge in [0.15, 0.2) is 0 Å². The topological polar surface area (TPSA) is 32.3 Å². The van der Waals surface area contributed by atoms with Crippen LogP contribution in [0, 0.1) is 0 Å². The quantitative estimate of drug-likeness (QED) is 0.702. The predicted molar refractivity (Wildman–Crippen MR) is 63.8 cm³/mol. The highest BCUT2D eigenvalue weighted by Gasteiger charge is 2.14. The Morgan fingerprint density at radius 3 is 2.53 bits per heavy atom. The third-order valence-electron chi connectivity index (χ3n) is 2.61. The Bertz CT molecular complexity index is 260. The Morgan fingerprint density at radius 2 is 1.93 bits per heavy atom. The zero-order valence-electron chi connectivity index (χ0n) is 9.61. The summed E-state index contributed by atoms with van der Waals surface area (Å²) in [7, 11) is 0. The van der Waals surface area contributed by atoms with Crippen LogP contribution in [0.25, 0.3) is 0 Å². The molecule has 0 bridgehead atoms. The first kappa shape index (κ1) is 12.2. The summed E-state index contributed by atoms with van der Waals surface area (Å²) in [6.45, 7) is 5.16. The van der Waals surface area contributed by atoms with Crippen molar-refractivity contribution in [2.75, 3.05) is 6.54 Å². The van der Waals surface area contributed by atoms with E-state index < -0.39 is 6.10 Å². The second-order valence-corrected chi connectivity index (χ2v) is 3.95. The molecule has 84 valence electrons. The molecule has 0 unspecified atom stereocenters. The summed E-state index contributed by atoms with van der Waals surface area (Å²) in [6, 6.07) is 9.91. The van der Waals surface area contributed by atoms with Gasteiger partial charge in [0.1, 0.15) is 0 Å². The molecule has 2 atom stereocenters. The van der Waals surface area contributed by atoms with Crippen molar-refractivity contribution in [3.8, 4) is 0 Å². The average Bonchev–Trinajstić information content (AvgIpc) is 2.29. The lowest BCUT2D eigenvalue weighted by molar-refractivity contribution is 0.136. The van der Waals surface area contributed by atoms with E-state index in [1.807, 2.05) is 37.3 Å². The van der Waals surface area contributed by atoms with E-state index in [-0.39, 0.29) is 6.04 Å². The monoisotopic (exact) mass is 207 g/mol. The highest BCUT2D eigenvalue weighted by Crippen LogP contribution is 2.15. The summed E-state index contributed by atoms with van der Waals surface area (Å²) in [6.07, 6.45) is 1.93. The molecule has 0 spiro atoms. The molecule has 2 nitrogen and oxygen atoms in total. The Morgan fingerprint density at radius 1 is 1.27 bits per heavy atom. The maximum Gasteiger partial charge on any atom is 0.0940 e. The van der Waals surface area contributed by atoms with E-state index in [1.165, 1.54) is 6.42 Å². The summed E-state index contributed by atoms with van der Waals surface area (Å²) in [5.41, 5.74) is 0.981. The van der Waals surface area contributed by atoms with Crippen LogP contribution < -0.4 is 5.32 Å². The van der Waals surface area contributed by atoms with Crippen molar-refractivity contribution in [2.45, 2.75) is 38.8 Å². The summed E-state index contributed by atoms with van der Waals surface area (Å²) in [5, 5.41) is 13.4. The molecule has 0 aliphatic carbocycles. The van der Waals surface area contributed by atoms with E-state index in [1.54, 1.807) is 0 Å². The van der Waals surface area contributed by atoms with Crippen molar-refractivity contribution < 1.29 is 5.11 Å². The molecule has 2 heteroatoms. The van der Waals surface area contributed by atoms with Gasteiger partial charge in [0.05, 0.1) is 6.10 Å². The average molecular weight is 207 g/mol. The van der Waals surface area contributed by atoms with Gasteiger partial charge in [-0.1, -0.05) is 43.7 Å². The first-order valence-electron chi connectivity index (χ1n) is 5.72. The van der Waals surface area contributed by atoms with Crippen LogP contribution >= 0.6 is 0 Å². The number of unbranched alkanes of at least 4 members (excludes halogenated alkanes) is 1. The summed E-state index contributed by atoms with van der Waals surface area (Å²) in [5.74, 6) is 0. The molecule has 0 radical (unpaired) electrons. The van der Waals surface area contributed by atoms with Gasteiger partial charge in [0, 0.05) is 6.04 Å². The van der Waals surface area contributed by atoms with Crippen molar-refractivity contribution in [1.29, 1.82) is 0 Å². The summed E-state index contributed by atoms with van der Waals surface area (Å²) < 4.78 is 0. The van der Waals surface area contributed by atoms with Gasteiger partial charge in [-0.3, -0.25) is 0 Å². The van der Waals surface area contributed by atoms with Gasteiger partial charge in [-0.2, -0.15) is 0 Å². The number of aliphatic hydroxyl groups is 1. The fourth-order valence-corrected chi connectivity index (χ4v) is 1.56. The molecule has 0 aliphatic rings. The predicted octanol–water partition coefficient (Wildman–Crippen LogP) is 2.50. The van der Waals surface area contributed by atoms with Crippen LogP contribution in [0.1, 0.15) is 38.4 Å². The number of hydrogen-bond donors (Lipinski definition) is 2. The molecule has 0 aliphatic heterocycles. The van der Waals surface area contributed by atoms with Crippen LogP contribution in [0.5, 0.6) is 0 Å². The first-order chi connectivity index (χ1) is 7.25. The minimum atomic E-state index is -0.414. The molecule has 0 saturated heterocycles. The van der Waals surface area contributed by atoms with Crippen molar-refractivity contribution in [3.05, 3.63) is 35.9 Å². The molecule has 0 amide bonds. The highest BCUT2D eigenvalue weighted by atomic mass is 16.3. The normalized spacial score (nSPS) is 14.9. The van der Waals surface area contributed by atoms with Crippen LogP contribution in [0.3, 0.4) is 0 Å². The molecule has 0 saturated carbocycles. The van der Waals surface area contributed by atoms with E-state index >= 15 is 0 Å². The standard InChI is InChI=1S/C13H21NO/c1-3-4-10-14-11(2)13(15)12-8-6-5-7-9-12/h5-9,11,13-15H,3-4,10H2,1-2H3/t11-,13-/m0/s1. The Labute approximate surface area is 92.3 Å². The van der Waals surface area contributed by atoms with E-state index in [2.05, 4.69) is 12.2 Å². The zero-order valence-corrected chi connectivity index (χ0v) is 9.61. The minimum Gasteiger partial charge on any atom is -0.387 e. The second-order valence-electron chi connectivity index (χ2n) is 3.95. The van der Waals surface area contributed by atoms with Crippen LogP contribution in [-0.2, 0) is 0 Å². The summed E-state index contributed by atoms with van der Waals surface area (Å²) in [4.78, 5) is 0. The molecule has 2 N–H and O–H groups in total. The smallest absolute Gasteiger partial charge is 0.0940 e. The van der Waals surface area contributed by atoms with E-state index in [0.29, 0.717) is 0 Å². The van der Waals surface area contributed by atoms with E-state index in [4.69, 9.17) is 0 Å². The number of rotatable bonds is 6. The molecule has 15 heavy (non-hydrogen) atoms. The van der Waals surface area contributed by atoms with Gasteiger partial charge in [0.25, 0.3) is 0 Å². The van der Waals surface area contributed by atoms with Crippen LogP contribution in [0.4, 0.5) is 0 Å². The van der Waals surface area contributed by atoms with Crippen LogP contribution in [0.2, 0.25) is 0 Å². The third kappa shape index (κ3) is 4.02. The molecule has 1 aromatic carbocycles. The van der Waals surface area contributed by atoms with Gasteiger partial charge in [-0.05, 0) is 25.5 Å². The number of aliphatic hydroxyl groups excluding tert-OH is 1. The molecule has 0 fully saturated rings. The maximum absolute atomic E-state index is 10.0. The third-order valence-corrected chi connectivity index (χ3v) is 2.61. The highest BCUT2D eigenvalue weighted by molar-refractivity contribution is 5.18. The second kappa shape index (κ2) is 6.59.